The maximum atomic E-state index is 4.56. The molecule has 0 aliphatic heterocycles. The van der Waals surface area contributed by atoms with Gasteiger partial charge in [0.15, 0.2) is 0 Å². The molecule has 0 spiro atoms. The van der Waals surface area contributed by atoms with Gasteiger partial charge in [0.2, 0.25) is 0 Å². The topological polar surface area (TPSA) is 42.7 Å². The van der Waals surface area contributed by atoms with Crippen LogP contribution in [0.2, 0.25) is 0 Å². The molecule has 9 heteroatoms. The molecule has 0 saturated carbocycles. The van der Waals surface area contributed by atoms with E-state index < -0.39 is 0 Å². The third-order valence-electron chi connectivity index (χ3n) is 3.13. The van der Waals surface area contributed by atoms with Crippen molar-refractivity contribution in [2.45, 2.75) is 6.42 Å². The first-order chi connectivity index (χ1) is 10.4. The zero-order chi connectivity index (χ0) is 14.3. The molecule has 0 unspecified atom stereocenters. The minimum absolute atomic E-state index is 0.713. The van der Waals surface area contributed by atoms with Gasteiger partial charge in [-0.25, -0.2) is 0 Å². The summed E-state index contributed by atoms with van der Waals surface area (Å²) in [5.41, 5.74) is 2.20. The van der Waals surface area contributed by atoms with Gasteiger partial charge in [-0.15, -0.1) is 0 Å². The Balaban J connectivity index is 1.53. The quantitative estimate of drug-likeness (QED) is 0.445. The minimum atomic E-state index is 0.713. The molecule has 95 valence electrons. The molecule has 1 radical (unpaired) electrons. The third-order valence-corrected chi connectivity index (χ3v) is 3.13. The Morgan fingerprint density at radius 3 is 2.71 bits per heavy atom. The van der Waals surface area contributed by atoms with E-state index >= 15 is 0 Å². The summed E-state index contributed by atoms with van der Waals surface area (Å²) in [4.78, 5) is 8.84. The van der Waals surface area contributed by atoms with Crippen LogP contribution in [0.25, 0.3) is 5.95 Å². The van der Waals surface area contributed by atoms with Gasteiger partial charge in [0.1, 0.15) is 0 Å². The van der Waals surface area contributed by atoms with Crippen molar-refractivity contribution in [1.82, 2.24) is 19.6 Å². The second-order valence-corrected chi connectivity index (χ2v) is 4.70. The zero-order valence-corrected chi connectivity index (χ0v) is 11.7. The van der Waals surface area contributed by atoms with Gasteiger partial charge in [-0.2, -0.15) is 0 Å². The molecule has 0 fully saturated rings. The number of aromatic nitrogens is 3. The molecule has 2 aromatic heterocycles. The molecule has 2 heterocycles. The monoisotopic (exact) mass is 267 g/mol. The molecule has 3 aromatic rings. The van der Waals surface area contributed by atoms with Crippen LogP contribution >= 0.6 is 0 Å². The predicted molar refractivity (Wildman–Crippen MR) is 90.3 cm³/mol. The Labute approximate surface area is 127 Å². The van der Waals surface area contributed by atoms with Crippen LogP contribution in [-0.4, -0.2) is 55.6 Å². The van der Waals surface area contributed by atoms with Crippen molar-refractivity contribution in [2.24, 2.45) is 0 Å². The molecular formula is C12H12B5N4. The SMILES string of the molecule is [B](NCCc1ccnc(-n2bbbb2)n1)c1ccccc1. The average Bonchev–Trinajstić information content (AvgIpc) is 3.07. The van der Waals surface area contributed by atoms with Crippen LogP contribution in [0.1, 0.15) is 5.69 Å². The Morgan fingerprint density at radius 1 is 1.10 bits per heavy atom. The van der Waals surface area contributed by atoms with Gasteiger partial charge >= 0.3 is 127 Å². The van der Waals surface area contributed by atoms with Crippen LogP contribution in [0.4, 0.5) is 0 Å². The number of rotatable bonds is 6. The average molecular weight is 266 g/mol. The second kappa shape index (κ2) is 7.41. The summed E-state index contributed by atoms with van der Waals surface area (Å²) in [5.74, 6) is 0.713. The van der Waals surface area contributed by atoms with E-state index in [-0.39, 0.29) is 0 Å². The van der Waals surface area contributed by atoms with Crippen LogP contribution in [0, 0.1) is 0 Å². The van der Waals surface area contributed by atoms with E-state index in [9.17, 15) is 0 Å². The number of nitrogens with one attached hydrogen (secondary N) is 1. The van der Waals surface area contributed by atoms with Crippen LogP contribution in [-0.2, 0) is 6.42 Å². The normalized spacial score (nSPS) is 9.71. The number of hydrogen-bond acceptors (Lipinski definition) is 3. The van der Waals surface area contributed by atoms with Crippen molar-refractivity contribution in [3.63, 3.8) is 0 Å². The van der Waals surface area contributed by atoms with E-state index in [4.69, 9.17) is 0 Å². The van der Waals surface area contributed by atoms with Crippen LogP contribution in [0.15, 0.2) is 42.6 Å². The van der Waals surface area contributed by atoms with Crippen molar-refractivity contribution in [3.05, 3.63) is 48.3 Å². The summed E-state index contributed by atoms with van der Waals surface area (Å²) in [5, 5.41) is 3.31. The summed E-state index contributed by atoms with van der Waals surface area (Å²) >= 11 is 0. The fourth-order valence-electron chi connectivity index (χ4n) is 2.06. The number of hydrogen-bond donors (Lipinski definition) is 1. The summed E-state index contributed by atoms with van der Waals surface area (Å²) in [7, 11) is 2.02. The van der Waals surface area contributed by atoms with Crippen molar-refractivity contribution in [2.75, 3.05) is 6.54 Å². The molecule has 0 aliphatic rings. The van der Waals surface area contributed by atoms with Crippen LogP contribution < -0.4 is 10.7 Å². The fourth-order valence-corrected chi connectivity index (χ4v) is 2.06. The maximum absolute atomic E-state index is 4.56. The van der Waals surface area contributed by atoms with E-state index in [1.807, 2.05) is 63.3 Å². The number of benzene rings is 1. The molecule has 1 N–H and O–H groups in total. The Kier molecular flexibility index (Phi) is 5.05. The molecular weight excluding hydrogens is 254 g/mol. The Morgan fingerprint density at radius 2 is 1.90 bits per heavy atom. The molecule has 4 nitrogen and oxygen atoms in total. The molecule has 1 aromatic carbocycles. The standard InChI is InChI=1S/C12H12B5N4/c1-2-4-10(5-3-1)13-19-9-7-11-6-8-18-12(20-11)21-16-14-15-17-21/h1-6,8,19H,7,9H2. The van der Waals surface area contributed by atoms with Gasteiger partial charge in [0.25, 0.3) is 0 Å². The van der Waals surface area contributed by atoms with Crippen molar-refractivity contribution in [1.29, 1.82) is 0 Å². The molecule has 3 rings (SSSR count). The molecule has 0 atom stereocenters. The predicted octanol–water partition coefficient (Wildman–Crippen LogP) is -1.30. The summed E-state index contributed by atoms with van der Waals surface area (Å²) in [6.45, 7) is 8.66. The Hall–Kier alpha value is -1.62. The van der Waals surface area contributed by atoms with E-state index in [1.54, 1.807) is 6.20 Å². The van der Waals surface area contributed by atoms with E-state index in [0.29, 0.717) is 5.95 Å². The van der Waals surface area contributed by atoms with E-state index in [0.717, 1.165) is 18.7 Å². The molecule has 0 saturated heterocycles. The number of nitrogens with zero attached hydrogens (tertiary/aromatic N) is 3. The van der Waals surface area contributed by atoms with Crippen molar-refractivity contribution in [3.8, 4) is 5.95 Å². The first-order valence-corrected chi connectivity index (χ1v) is 6.99. The van der Waals surface area contributed by atoms with Gasteiger partial charge < -0.3 is 0 Å². The Bertz CT molecular complexity index is 677. The first kappa shape index (κ1) is 14.3. The van der Waals surface area contributed by atoms with Crippen LogP contribution in [0.5, 0.6) is 0 Å². The molecule has 0 bridgehead atoms. The third kappa shape index (κ3) is 4.17. The van der Waals surface area contributed by atoms with Crippen molar-refractivity contribution >= 4 is 40.1 Å². The molecule has 21 heavy (non-hydrogen) atoms. The zero-order valence-electron chi connectivity index (χ0n) is 11.7. The summed E-state index contributed by atoms with van der Waals surface area (Å²) in [6, 6.07) is 12.2. The summed E-state index contributed by atoms with van der Waals surface area (Å²) in [6.07, 6.45) is 2.67. The van der Waals surface area contributed by atoms with Gasteiger partial charge in [-0.05, 0) is 0 Å². The van der Waals surface area contributed by atoms with Gasteiger partial charge in [-0.3, -0.25) is 0 Å². The fraction of sp³-hybridized carbons (Fsp3) is 0.167. The summed E-state index contributed by atoms with van der Waals surface area (Å²) < 4.78 is 1.91. The van der Waals surface area contributed by atoms with Gasteiger partial charge in [0.05, 0.1) is 0 Å². The van der Waals surface area contributed by atoms with E-state index in [2.05, 4.69) is 27.3 Å². The second-order valence-electron chi connectivity index (χ2n) is 4.70. The van der Waals surface area contributed by atoms with E-state index in [1.165, 1.54) is 5.46 Å². The molecule has 0 amide bonds. The van der Waals surface area contributed by atoms with Gasteiger partial charge in [-0.1, -0.05) is 0 Å². The van der Waals surface area contributed by atoms with Crippen molar-refractivity contribution < 1.29 is 0 Å². The molecule has 0 aliphatic carbocycles. The van der Waals surface area contributed by atoms with Gasteiger partial charge in [0, 0.05) is 0 Å². The van der Waals surface area contributed by atoms with Crippen LogP contribution in [0.3, 0.4) is 0 Å². The first-order valence-electron chi connectivity index (χ1n) is 6.99.